The normalized spacial score (nSPS) is 12.2. The van der Waals surface area contributed by atoms with Gasteiger partial charge >= 0.3 is 6.09 Å². The Balaban J connectivity index is 3.52. The van der Waals surface area contributed by atoms with E-state index in [1.165, 1.54) is 0 Å². The van der Waals surface area contributed by atoms with Gasteiger partial charge in [0, 0.05) is 13.2 Å². The van der Waals surface area contributed by atoms with Crippen LogP contribution in [0.25, 0.3) is 0 Å². The average Bonchev–Trinajstić information content (AvgIpc) is 2.12. The van der Waals surface area contributed by atoms with E-state index in [0.717, 1.165) is 12.8 Å². The second-order valence-electron chi connectivity index (χ2n) is 2.89. The Bertz CT molecular complexity index is 139. The molecule has 0 rings (SSSR count). The SMILES string of the molecule is CCOC(=O)NCC(CC)CCO. The first-order valence-electron chi connectivity index (χ1n) is 4.76. The summed E-state index contributed by atoms with van der Waals surface area (Å²) >= 11 is 0. The van der Waals surface area contributed by atoms with Crippen molar-refractivity contribution in [2.75, 3.05) is 19.8 Å². The summed E-state index contributed by atoms with van der Waals surface area (Å²) in [6, 6.07) is 0. The third-order valence-corrected chi connectivity index (χ3v) is 1.93. The van der Waals surface area contributed by atoms with Crippen LogP contribution in [0, 0.1) is 5.92 Å². The quantitative estimate of drug-likeness (QED) is 0.658. The van der Waals surface area contributed by atoms with E-state index in [4.69, 9.17) is 9.84 Å². The van der Waals surface area contributed by atoms with Crippen LogP contribution in [-0.4, -0.2) is 31.0 Å². The number of ether oxygens (including phenoxy) is 1. The summed E-state index contributed by atoms with van der Waals surface area (Å²) in [5.74, 6) is 0.342. The number of hydrogen-bond donors (Lipinski definition) is 2. The highest BCUT2D eigenvalue weighted by molar-refractivity contribution is 5.66. The van der Waals surface area contributed by atoms with Crippen molar-refractivity contribution in [1.29, 1.82) is 0 Å². The lowest BCUT2D eigenvalue weighted by Crippen LogP contribution is -2.30. The van der Waals surface area contributed by atoms with E-state index in [1.807, 2.05) is 6.92 Å². The predicted molar refractivity (Wildman–Crippen MR) is 50.5 cm³/mol. The molecule has 2 N–H and O–H groups in total. The second kappa shape index (κ2) is 7.86. The van der Waals surface area contributed by atoms with Crippen LogP contribution in [0.4, 0.5) is 4.79 Å². The predicted octanol–water partition coefficient (Wildman–Crippen LogP) is 1.14. The van der Waals surface area contributed by atoms with Crippen molar-refractivity contribution in [3.05, 3.63) is 0 Å². The van der Waals surface area contributed by atoms with Crippen molar-refractivity contribution in [3.8, 4) is 0 Å². The summed E-state index contributed by atoms with van der Waals surface area (Å²) in [5, 5.41) is 11.3. The molecule has 78 valence electrons. The lowest BCUT2D eigenvalue weighted by Gasteiger charge is -2.13. The van der Waals surface area contributed by atoms with Gasteiger partial charge in [-0.05, 0) is 19.3 Å². The van der Waals surface area contributed by atoms with Gasteiger partial charge in [-0.3, -0.25) is 0 Å². The number of aliphatic hydroxyl groups is 1. The van der Waals surface area contributed by atoms with Crippen LogP contribution in [0.3, 0.4) is 0 Å². The molecule has 0 fully saturated rings. The molecular weight excluding hydrogens is 170 g/mol. The van der Waals surface area contributed by atoms with E-state index >= 15 is 0 Å². The van der Waals surface area contributed by atoms with Gasteiger partial charge in [-0.1, -0.05) is 13.3 Å². The van der Waals surface area contributed by atoms with Crippen LogP contribution in [0.1, 0.15) is 26.7 Å². The van der Waals surface area contributed by atoms with Crippen LogP contribution in [0.2, 0.25) is 0 Å². The average molecular weight is 189 g/mol. The number of nitrogens with one attached hydrogen (secondary N) is 1. The monoisotopic (exact) mass is 189 g/mol. The molecule has 1 unspecified atom stereocenters. The Morgan fingerprint density at radius 2 is 2.23 bits per heavy atom. The molecule has 0 aliphatic heterocycles. The van der Waals surface area contributed by atoms with Crippen molar-refractivity contribution >= 4 is 6.09 Å². The second-order valence-corrected chi connectivity index (χ2v) is 2.89. The van der Waals surface area contributed by atoms with Gasteiger partial charge in [0.15, 0.2) is 0 Å². The zero-order chi connectivity index (χ0) is 10.1. The smallest absolute Gasteiger partial charge is 0.407 e. The fraction of sp³-hybridized carbons (Fsp3) is 0.889. The highest BCUT2D eigenvalue weighted by Gasteiger charge is 2.07. The fourth-order valence-corrected chi connectivity index (χ4v) is 1.04. The molecule has 1 amide bonds. The summed E-state index contributed by atoms with van der Waals surface area (Å²) in [5.41, 5.74) is 0. The Morgan fingerprint density at radius 1 is 1.54 bits per heavy atom. The summed E-state index contributed by atoms with van der Waals surface area (Å²) in [7, 11) is 0. The van der Waals surface area contributed by atoms with Crippen molar-refractivity contribution < 1.29 is 14.6 Å². The maximum atomic E-state index is 10.9. The molecule has 13 heavy (non-hydrogen) atoms. The molecule has 0 saturated heterocycles. The summed E-state index contributed by atoms with van der Waals surface area (Å²) in [6.07, 6.45) is 1.30. The zero-order valence-corrected chi connectivity index (χ0v) is 8.38. The van der Waals surface area contributed by atoms with E-state index in [2.05, 4.69) is 5.32 Å². The Morgan fingerprint density at radius 3 is 2.69 bits per heavy atom. The molecule has 0 saturated carbocycles. The van der Waals surface area contributed by atoms with Crippen LogP contribution in [-0.2, 0) is 4.74 Å². The van der Waals surface area contributed by atoms with E-state index < -0.39 is 0 Å². The minimum absolute atomic E-state index is 0.170. The van der Waals surface area contributed by atoms with Crippen molar-refractivity contribution in [2.45, 2.75) is 26.7 Å². The van der Waals surface area contributed by atoms with Crippen LogP contribution in [0.15, 0.2) is 0 Å². The summed E-state index contributed by atoms with van der Waals surface area (Å²) in [6.45, 7) is 4.94. The topological polar surface area (TPSA) is 58.6 Å². The molecule has 0 bridgehead atoms. The molecule has 1 atom stereocenters. The number of rotatable bonds is 6. The van der Waals surface area contributed by atoms with E-state index in [-0.39, 0.29) is 12.7 Å². The van der Waals surface area contributed by atoms with Crippen LogP contribution < -0.4 is 5.32 Å². The molecule has 0 aromatic heterocycles. The molecular formula is C9H19NO3. The molecule has 0 spiro atoms. The Hall–Kier alpha value is -0.770. The van der Waals surface area contributed by atoms with Gasteiger partial charge in [-0.15, -0.1) is 0 Å². The molecule has 4 heteroatoms. The van der Waals surface area contributed by atoms with E-state index in [1.54, 1.807) is 6.92 Å². The number of alkyl carbamates (subject to hydrolysis) is 1. The highest BCUT2D eigenvalue weighted by atomic mass is 16.5. The van der Waals surface area contributed by atoms with Gasteiger partial charge in [0.05, 0.1) is 6.61 Å². The largest absolute Gasteiger partial charge is 0.450 e. The van der Waals surface area contributed by atoms with Crippen molar-refractivity contribution in [3.63, 3.8) is 0 Å². The van der Waals surface area contributed by atoms with E-state index in [9.17, 15) is 4.79 Å². The number of aliphatic hydroxyl groups excluding tert-OH is 1. The zero-order valence-electron chi connectivity index (χ0n) is 8.38. The first-order chi connectivity index (χ1) is 6.24. The summed E-state index contributed by atoms with van der Waals surface area (Å²) < 4.78 is 4.70. The molecule has 0 aliphatic carbocycles. The standard InChI is InChI=1S/C9H19NO3/c1-3-8(5-6-11)7-10-9(12)13-4-2/h8,11H,3-7H2,1-2H3,(H,10,12). The lowest BCUT2D eigenvalue weighted by molar-refractivity contribution is 0.149. The third-order valence-electron chi connectivity index (χ3n) is 1.93. The number of carbonyl (C=O) groups is 1. The van der Waals surface area contributed by atoms with Gasteiger partial charge in [-0.2, -0.15) is 0 Å². The number of carbonyl (C=O) groups excluding carboxylic acids is 1. The van der Waals surface area contributed by atoms with Gasteiger partial charge in [0.25, 0.3) is 0 Å². The fourth-order valence-electron chi connectivity index (χ4n) is 1.04. The minimum atomic E-state index is -0.376. The summed E-state index contributed by atoms with van der Waals surface area (Å²) in [4.78, 5) is 10.9. The maximum Gasteiger partial charge on any atom is 0.407 e. The third kappa shape index (κ3) is 6.40. The Kier molecular flexibility index (Phi) is 7.39. The van der Waals surface area contributed by atoms with Gasteiger partial charge in [0.1, 0.15) is 0 Å². The first kappa shape index (κ1) is 12.2. The highest BCUT2D eigenvalue weighted by Crippen LogP contribution is 2.05. The number of hydrogen-bond acceptors (Lipinski definition) is 3. The van der Waals surface area contributed by atoms with Crippen LogP contribution in [0.5, 0.6) is 0 Å². The molecule has 0 aliphatic rings. The molecule has 4 nitrogen and oxygen atoms in total. The molecule has 0 radical (unpaired) electrons. The van der Waals surface area contributed by atoms with Crippen molar-refractivity contribution in [2.24, 2.45) is 5.92 Å². The molecule has 0 aromatic carbocycles. The van der Waals surface area contributed by atoms with E-state index in [0.29, 0.717) is 19.1 Å². The lowest BCUT2D eigenvalue weighted by atomic mass is 10.0. The van der Waals surface area contributed by atoms with Gasteiger partial charge < -0.3 is 15.2 Å². The molecule has 0 heterocycles. The number of amides is 1. The van der Waals surface area contributed by atoms with Gasteiger partial charge in [-0.25, -0.2) is 4.79 Å². The van der Waals surface area contributed by atoms with Crippen LogP contribution >= 0.6 is 0 Å². The van der Waals surface area contributed by atoms with Gasteiger partial charge in [0.2, 0.25) is 0 Å². The maximum absolute atomic E-state index is 10.9. The first-order valence-corrected chi connectivity index (χ1v) is 4.76. The van der Waals surface area contributed by atoms with Crippen molar-refractivity contribution in [1.82, 2.24) is 5.32 Å². The molecule has 0 aromatic rings. The minimum Gasteiger partial charge on any atom is -0.450 e. The Labute approximate surface area is 79.3 Å².